The first kappa shape index (κ1) is 23.9. The number of halogens is 1. The van der Waals surface area contributed by atoms with Gasteiger partial charge in [-0.1, -0.05) is 25.4 Å². The van der Waals surface area contributed by atoms with Crippen LogP contribution in [0.4, 0.5) is 0 Å². The van der Waals surface area contributed by atoms with Crippen molar-refractivity contribution in [1.29, 1.82) is 0 Å². The smallest absolute Gasteiger partial charge is 0.157 e. The number of carbonyl (C=O) groups excluding carboxylic acids is 1. The van der Waals surface area contributed by atoms with Gasteiger partial charge in [-0.3, -0.25) is 14.5 Å². The fourth-order valence-corrected chi connectivity index (χ4v) is 9.94. The molecule has 6 rings (SSSR count). The summed E-state index contributed by atoms with van der Waals surface area (Å²) in [5.41, 5.74) is 1.63. The van der Waals surface area contributed by atoms with E-state index in [2.05, 4.69) is 30.9 Å². The predicted molar refractivity (Wildman–Crippen MR) is 138 cm³/mol. The third-order valence-electron chi connectivity index (χ3n) is 11.5. The van der Waals surface area contributed by atoms with Crippen LogP contribution in [0.3, 0.4) is 0 Å². The van der Waals surface area contributed by atoms with Gasteiger partial charge >= 0.3 is 0 Å². The summed E-state index contributed by atoms with van der Waals surface area (Å²) in [6.45, 7) is 7.19. The Morgan fingerprint density at radius 2 is 1.94 bits per heavy atom. The molecule has 0 amide bonds. The van der Waals surface area contributed by atoms with E-state index in [-0.39, 0.29) is 11.3 Å². The molecule has 2 aromatic heterocycles. The van der Waals surface area contributed by atoms with Gasteiger partial charge in [-0.2, -0.15) is 5.10 Å². The third-order valence-corrected chi connectivity index (χ3v) is 11.7. The number of carbonyl (C=O) groups is 1. The van der Waals surface area contributed by atoms with Crippen molar-refractivity contribution in [3.8, 4) is 0 Å². The van der Waals surface area contributed by atoms with E-state index in [1.165, 1.54) is 38.5 Å². The summed E-state index contributed by atoms with van der Waals surface area (Å²) in [5, 5.41) is 15.9. The summed E-state index contributed by atoms with van der Waals surface area (Å²) in [4.78, 5) is 18.1. The molecule has 1 N–H and O–H groups in total. The minimum absolute atomic E-state index is 0.0963. The number of ketones is 1. The molecule has 190 valence electrons. The summed E-state index contributed by atoms with van der Waals surface area (Å²) in [6.07, 6.45) is 14.8. The Bertz CT molecular complexity index is 1140. The number of hydrogen-bond donors (Lipinski definition) is 1. The molecule has 0 unspecified atom stereocenters. The van der Waals surface area contributed by atoms with Crippen LogP contribution in [0.25, 0.3) is 11.0 Å². The quantitative estimate of drug-likeness (QED) is 0.526. The van der Waals surface area contributed by atoms with Crippen molar-refractivity contribution in [2.75, 3.05) is 0 Å². The molecule has 35 heavy (non-hydrogen) atoms. The van der Waals surface area contributed by atoms with Gasteiger partial charge in [0.1, 0.15) is 12.1 Å². The van der Waals surface area contributed by atoms with Crippen molar-refractivity contribution < 1.29 is 9.90 Å². The Morgan fingerprint density at radius 3 is 2.74 bits per heavy atom. The molecular weight excluding hydrogens is 458 g/mol. The maximum Gasteiger partial charge on any atom is 0.157 e. The lowest BCUT2D eigenvalue weighted by atomic mass is 9.42. The van der Waals surface area contributed by atoms with E-state index in [1.807, 2.05) is 6.07 Å². The highest BCUT2D eigenvalue weighted by molar-refractivity contribution is 6.31. The second kappa shape index (κ2) is 8.28. The largest absolute Gasteiger partial charge is 0.390 e. The Hall–Kier alpha value is -1.46. The standard InChI is InChI=1S/C29H40ClN3O2/c1-4-29-12-11-27(2,35)14-18(29)5-6-20-21-7-8-23(28(21,3)10-9-22(20)29)26(34)17-33-25-13-19(30)15-31-24(25)16-32-33/h13,15-16,18,20-23,35H,4-12,14,17H2,1-3H3/t18-,20-,21-,22-,23+,27+,28-,29-/m0/s1. The average molecular weight is 498 g/mol. The third kappa shape index (κ3) is 3.62. The molecule has 4 saturated carbocycles. The Kier molecular flexibility index (Phi) is 5.65. The van der Waals surface area contributed by atoms with Crippen LogP contribution in [0.2, 0.25) is 5.02 Å². The highest BCUT2D eigenvalue weighted by atomic mass is 35.5. The number of hydrogen-bond acceptors (Lipinski definition) is 4. The van der Waals surface area contributed by atoms with Gasteiger partial charge in [-0.15, -0.1) is 0 Å². The lowest BCUT2D eigenvalue weighted by molar-refractivity contribution is -0.158. The molecule has 0 bridgehead atoms. The Morgan fingerprint density at radius 1 is 1.11 bits per heavy atom. The topological polar surface area (TPSA) is 68.0 Å². The van der Waals surface area contributed by atoms with Crippen LogP contribution >= 0.6 is 11.6 Å². The van der Waals surface area contributed by atoms with Gasteiger partial charge in [-0.25, -0.2) is 0 Å². The SMILES string of the molecule is CC[C@]12CC[C@@](C)(O)C[C@@H]1CC[C@H]1[C@@H]3CC[C@H](C(=O)Cn4ncc5ncc(Cl)cc54)[C@@]3(C)CC[C@@H]12. The maximum absolute atomic E-state index is 13.7. The molecule has 8 atom stereocenters. The van der Waals surface area contributed by atoms with Crippen LogP contribution in [-0.4, -0.2) is 31.3 Å². The van der Waals surface area contributed by atoms with Crippen LogP contribution in [-0.2, 0) is 11.3 Å². The van der Waals surface area contributed by atoms with Gasteiger partial charge in [-0.05, 0) is 112 Å². The molecule has 2 heterocycles. The van der Waals surface area contributed by atoms with Crippen molar-refractivity contribution in [2.45, 2.75) is 97.1 Å². The van der Waals surface area contributed by atoms with Crippen molar-refractivity contribution in [3.63, 3.8) is 0 Å². The lowest BCUT2D eigenvalue weighted by Crippen LogP contribution is -2.56. The van der Waals surface area contributed by atoms with E-state index in [4.69, 9.17) is 11.6 Å². The van der Waals surface area contributed by atoms with Crippen LogP contribution in [0.15, 0.2) is 18.5 Å². The zero-order valence-electron chi connectivity index (χ0n) is 21.5. The number of nitrogens with zero attached hydrogens (tertiary/aromatic N) is 3. The first-order valence-electron chi connectivity index (χ1n) is 13.9. The molecule has 2 aromatic rings. The predicted octanol–water partition coefficient (Wildman–Crippen LogP) is 6.45. The van der Waals surface area contributed by atoms with Crippen molar-refractivity contribution in [1.82, 2.24) is 14.8 Å². The normalized spacial score (nSPS) is 42.9. The first-order valence-corrected chi connectivity index (χ1v) is 14.3. The van der Waals surface area contributed by atoms with E-state index in [9.17, 15) is 9.90 Å². The van der Waals surface area contributed by atoms with Crippen LogP contribution < -0.4 is 0 Å². The molecule has 0 aliphatic heterocycles. The van der Waals surface area contributed by atoms with Crippen LogP contribution in [0, 0.1) is 40.4 Å². The number of Topliss-reactive ketones (excluding diaryl/α,β-unsaturated/α-hetero) is 1. The molecule has 5 nitrogen and oxygen atoms in total. The first-order chi connectivity index (χ1) is 16.7. The minimum Gasteiger partial charge on any atom is -0.390 e. The summed E-state index contributed by atoms with van der Waals surface area (Å²) in [7, 11) is 0. The molecule has 4 aliphatic rings. The molecule has 0 saturated heterocycles. The highest BCUT2D eigenvalue weighted by Crippen LogP contribution is 2.69. The molecule has 4 fully saturated rings. The molecule has 6 heteroatoms. The van der Waals surface area contributed by atoms with Crippen molar-refractivity contribution >= 4 is 28.4 Å². The van der Waals surface area contributed by atoms with Crippen LogP contribution in [0.1, 0.15) is 85.0 Å². The average Bonchev–Trinajstić information content (AvgIpc) is 3.38. The number of aliphatic hydroxyl groups is 1. The number of rotatable bonds is 4. The van der Waals surface area contributed by atoms with Gasteiger partial charge < -0.3 is 5.11 Å². The summed E-state index contributed by atoms with van der Waals surface area (Å²) in [6, 6.07) is 1.86. The van der Waals surface area contributed by atoms with Gasteiger partial charge in [0.25, 0.3) is 0 Å². The van der Waals surface area contributed by atoms with Crippen LogP contribution in [0.5, 0.6) is 0 Å². The fraction of sp³-hybridized carbons (Fsp3) is 0.759. The molecule has 0 aromatic carbocycles. The lowest BCUT2D eigenvalue weighted by Gasteiger charge is -2.63. The zero-order valence-corrected chi connectivity index (χ0v) is 22.2. The minimum atomic E-state index is -0.485. The van der Waals surface area contributed by atoms with Gasteiger partial charge in [0.05, 0.1) is 22.3 Å². The summed E-state index contributed by atoms with van der Waals surface area (Å²) < 4.78 is 1.80. The monoisotopic (exact) mass is 497 g/mol. The molecule has 0 radical (unpaired) electrons. The van der Waals surface area contributed by atoms with E-state index >= 15 is 0 Å². The van der Waals surface area contributed by atoms with Crippen molar-refractivity contribution in [3.05, 3.63) is 23.5 Å². The van der Waals surface area contributed by atoms with Gasteiger partial charge in [0.2, 0.25) is 0 Å². The Balaban J connectivity index is 1.23. The van der Waals surface area contributed by atoms with Gasteiger partial charge in [0.15, 0.2) is 5.78 Å². The fourth-order valence-electron chi connectivity index (χ4n) is 9.79. The zero-order chi connectivity index (χ0) is 24.6. The number of fused-ring (bicyclic) bond motifs is 6. The van der Waals surface area contributed by atoms with Gasteiger partial charge in [0, 0.05) is 12.1 Å². The summed E-state index contributed by atoms with van der Waals surface area (Å²) in [5.74, 6) is 3.24. The van der Waals surface area contributed by atoms with E-state index in [1.54, 1.807) is 17.1 Å². The number of aromatic nitrogens is 3. The maximum atomic E-state index is 13.7. The second-order valence-electron chi connectivity index (χ2n) is 12.9. The second-order valence-corrected chi connectivity index (χ2v) is 13.4. The summed E-state index contributed by atoms with van der Waals surface area (Å²) >= 11 is 6.17. The van der Waals surface area contributed by atoms with E-state index in [0.717, 1.165) is 48.6 Å². The number of pyridine rings is 1. The highest BCUT2D eigenvalue weighted by Gasteiger charge is 2.62. The molecule has 0 spiro atoms. The Labute approximate surface area is 214 Å². The van der Waals surface area contributed by atoms with E-state index < -0.39 is 5.60 Å². The molecule has 4 aliphatic carbocycles. The van der Waals surface area contributed by atoms with E-state index in [0.29, 0.717) is 34.6 Å². The van der Waals surface area contributed by atoms with Crippen molar-refractivity contribution in [2.24, 2.45) is 40.4 Å². The molecular formula is C29H40ClN3O2.